The molecular weight excluding hydrogens is 422 g/mol. The van der Waals surface area contributed by atoms with Crippen molar-refractivity contribution in [2.45, 2.75) is 52.0 Å². The van der Waals surface area contributed by atoms with Gasteiger partial charge < -0.3 is 24.1 Å². The monoisotopic (exact) mass is 459 g/mol. The maximum absolute atomic E-state index is 13.2. The molecule has 0 atom stereocenters. The van der Waals surface area contributed by atoms with Crippen LogP contribution in [0.1, 0.15) is 71.3 Å². The summed E-state index contributed by atoms with van der Waals surface area (Å²) in [5, 5.41) is 2.78. The number of rotatable bonds is 16. The van der Waals surface area contributed by atoms with E-state index in [-0.39, 0.29) is 24.1 Å². The number of oxazole rings is 1. The van der Waals surface area contributed by atoms with Gasteiger partial charge in [0, 0.05) is 46.1 Å². The zero-order chi connectivity index (χ0) is 23.9. The number of methoxy groups -OCH3 is 2. The summed E-state index contributed by atoms with van der Waals surface area (Å²) < 4.78 is 15.6. The number of aromatic nitrogens is 1. The molecule has 182 valence electrons. The number of ether oxygens (including phenoxy) is 2. The van der Waals surface area contributed by atoms with Crippen LogP contribution in [0.2, 0.25) is 0 Å². The molecule has 0 saturated carbocycles. The van der Waals surface area contributed by atoms with E-state index < -0.39 is 0 Å². The topological polar surface area (TPSA) is 93.9 Å². The molecule has 0 spiro atoms. The minimum Gasteiger partial charge on any atom is -0.446 e. The highest BCUT2D eigenvalue weighted by Gasteiger charge is 2.20. The molecule has 0 bridgehead atoms. The summed E-state index contributed by atoms with van der Waals surface area (Å²) in [6.45, 7) is 4.46. The van der Waals surface area contributed by atoms with Crippen molar-refractivity contribution >= 4 is 11.8 Å². The molecule has 2 rings (SSSR count). The highest BCUT2D eigenvalue weighted by Crippen LogP contribution is 2.14. The quantitative estimate of drug-likeness (QED) is 0.383. The van der Waals surface area contributed by atoms with E-state index in [1.54, 1.807) is 19.1 Å². The molecule has 2 aromatic rings. The molecule has 0 unspecified atom stereocenters. The lowest BCUT2D eigenvalue weighted by Crippen LogP contribution is -2.32. The lowest BCUT2D eigenvalue weighted by Gasteiger charge is -2.21. The van der Waals surface area contributed by atoms with Gasteiger partial charge in [0.1, 0.15) is 6.26 Å². The van der Waals surface area contributed by atoms with E-state index in [1.807, 2.05) is 24.3 Å². The average Bonchev–Trinajstić information content (AvgIpc) is 3.30. The Hall–Kier alpha value is -2.71. The van der Waals surface area contributed by atoms with Crippen molar-refractivity contribution in [2.75, 3.05) is 40.5 Å². The predicted octanol–water partition coefficient (Wildman–Crippen LogP) is 3.85. The van der Waals surface area contributed by atoms with Gasteiger partial charge in [-0.1, -0.05) is 31.9 Å². The van der Waals surface area contributed by atoms with Crippen molar-refractivity contribution in [1.82, 2.24) is 15.2 Å². The maximum atomic E-state index is 13.2. The highest BCUT2D eigenvalue weighted by molar-refractivity contribution is 5.94. The first-order valence-electron chi connectivity index (χ1n) is 11.7. The van der Waals surface area contributed by atoms with Crippen LogP contribution in [0.5, 0.6) is 0 Å². The largest absolute Gasteiger partial charge is 0.446 e. The third kappa shape index (κ3) is 9.35. The molecular formula is C25H37N3O5. The van der Waals surface area contributed by atoms with Crippen LogP contribution in [0.3, 0.4) is 0 Å². The molecule has 0 fully saturated rings. The first-order chi connectivity index (χ1) is 16.1. The van der Waals surface area contributed by atoms with Crippen LogP contribution in [0.15, 0.2) is 34.9 Å². The van der Waals surface area contributed by atoms with Gasteiger partial charge >= 0.3 is 0 Å². The maximum Gasteiger partial charge on any atom is 0.273 e. The third-order valence-corrected chi connectivity index (χ3v) is 5.25. The minimum absolute atomic E-state index is 0.102. The number of nitrogens with zero attached hydrogens (tertiary/aromatic N) is 2. The average molecular weight is 460 g/mol. The second-order valence-corrected chi connectivity index (χ2v) is 7.96. The molecule has 0 saturated heterocycles. The summed E-state index contributed by atoms with van der Waals surface area (Å²) in [4.78, 5) is 31.4. The number of amides is 2. The van der Waals surface area contributed by atoms with Crippen molar-refractivity contribution in [3.63, 3.8) is 0 Å². The van der Waals surface area contributed by atoms with Gasteiger partial charge in [-0.05, 0) is 43.4 Å². The summed E-state index contributed by atoms with van der Waals surface area (Å²) in [6, 6.07) is 7.80. The Morgan fingerprint density at radius 2 is 1.76 bits per heavy atom. The zero-order valence-electron chi connectivity index (χ0n) is 20.1. The molecule has 0 aliphatic rings. The smallest absolute Gasteiger partial charge is 0.273 e. The standard InChI is InChI=1S/C25H37N3O5/c1-4-5-6-9-20-10-12-21(13-11-20)25(30)28(15-8-17-32-3)18-23-27-22(19-33-23)24(29)26-14-7-16-31-2/h10-13,19H,4-9,14-18H2,1-3H3,(H,26,29). The molecule has 2 amide bonds. The van der Waals surface area contributed by atoms with Crippen molar-refractivity contribution in [3.8, 4) is 0 Å². The fraction of sp³-hybridized carbons (Fsp3) is 0.560. The van der Waals surface area contributed by atoms with E-state index in [9.17, 15) is 9.59 Å². The SMILES string of the molecule is CCCCCc1ccc(C(=O)N(CCCOC)Cc2nc(C(=O)NCCCOC)co2)cc1. The van der Waals surface area contributed by atoms with Gasteiger partial charge in [0.2, 0.25) is 5.89 Å². The number of aryl methyl sites for hydroxylation is 1. The van der Waals surface area contributed by atoms with Crippen molar-refractivity contribution in [2.24, 2.45) is 0 Å². The van der Waals surface area contributed by atoms with Crippen LogP contribution in [0, 0.1) is 0 Å². The van der Waals surface area contributed by atoms with Crippen LogP contribution < -0.4 is 5.32 Å². The number of nitrogens with one attached hydrogen (secondary N) is 1. The van der Waals surface area contributed by atoms with Crippen LogP contribution in [-0.2, 0) is 22.4 Å². The van der Waals surface area contributed by atoms with E-state index in [0.29, 0.717) is 50.6 Å². The van der Waals surface area contributed by atoms with E-state index in [0.717, 1.165) is 12.8 Å². The summed E-state index contributed by atoms with van der Waals surface area (Å²) in [5.41, 5.74) is 2.05. The zero-order valence-corrected chi connectivity index (χ0v) is 20.1. The molecule has 33 heavy (non-hydrogen) atoms. The van der Waals surface area contributed by atoms with Gasteiger partial charge in [-0.2, -0.15) is 0 Å². The number of carbonyl (C=O) groups is 2. The molecule has 0 aliphatic carbocycles. The Kier molecular flexibility index (Phi) is 12.2. The van der Waals surface area contributed by atoms with Crippen molar-refractivity contribution < 1.29 is 23.5 Å². The summed E-state index contributed by atoms with van der Waals surface area (Å²) in [6.07, 6.45) is 7.29. The van der Waals surface area contributed by atoms with Gasteiger partial charge in [0.15, 0.2) is 5.69 Å². The predicted molar refractivity (Wildman–Crippen MR) is 126 cm³/mol. The second-order valence-electron chi connectivity index (χ2n) is 7.96. The van der Waals surface area contributed by atoms with Gasteiger partial charge in [0.05, 0.1) is 6.54 Å². The van der Waals surface area contributed by atoms with Gasteiger partial charge in [-0.3, -0.25) is 9.59 Å². The first-order valence-corrected chi connectivity index (χ1v) is 11.7. The lowest BCUT2D eigenvalue weighted by molar-refractivity contribution is 0.0708. The van der Waals surface area contributed by atoms with Crippen LogP contribution >= 0.6 is 0 Å². The Morgan fingerprint density at radius 3 is 2.45 bits per heavy atom. The normalized spacial score (nSPS) is 10.9. The number of hydrogen-bond donors (Lipinski definition) is 1. The van der Waals surface area contributed by atoms with Crippen molar-refractivity contribution in [3.05, 3.63) is 53.2 Å². The summed E-state index contributed by atoms with van der Waals surface area (Å²) in [7, 11) is 3.25. The number of unbranched alkanes of at least 4 members (excludes halogenated alkanes) is 2. The van der Waals surface area contributed by atoms with Gasteiger partial charge in [0.25, 0.3) is 11.8 Å². The van der Waals surface area contributed by atoms with E-state index >= 15 is 0 Å². The molecule has 1 heterocycles. The van der Waals surface area contributed by atoms with Gasteiger partial charge in [-0.25, -0.2) is 4.98 Å². The van der Waals surface area contributed by atoms with E-state index in [2.05, 4.69) is 17.2 Å². The number of benzene rings is 1. The molecule has 1 aromatic heterocycles. The molecule has 8 heteroatoms. The minimum atomic E-state index is -0.308. The Morgan fingerprint density at radius 1 is 1.03 bits per heavy atom. The fourth-order valence-electron chi connectivity index (χ4n) is 3.39. The Balaban J connectivity index is 2.01. The Labute approximate surface area is 196 Å². The molecule has 0 aliphatic heterocycles. The third-order valence-electron chi connectivity index (χ3n) is 5.25. The molecule has 1 aromatic carbocycles. The van der Waals surface area contributed by atoms with Crippen molar-refractivity contribution in [1.29, 1.82) is 0 Å². The molecule has 8 nitrogen and oxygen atoms in total. The van der Waals surface area contributed by atoms with Crippen LogP contribution in [0.4, 0.5) is 0 Å². The summed E-state index contributed by atoms with van der Waals surface area (Å²) in [5.74, 6) is -0.0917. The summed E-state index contributed by atoms with van der Waals surface area (Å²) >= 11 is 0. The number of hydrogen-bond acceptors (Lipinski definition) is 6. The van der Waals surface area contributed by atoms with Crippen LogP contribution in [0.25, 0.3) is 0 Å². The lowest BCUT2D eigenvalue weighted by atomic mass is 10.0. The number of carbonyl (C=O) groups excluding carboxylic acids is 2. The molecule has 1 N–H and O–H groups in total. The first kappa shape index (κ1) is 26.5. The van der Waals surface area contributed by atoms with E-state index in [1.165, 1.54) is 24.7 Å². The fourth-order valence-corrected chi connectivity index (χ4v) is 3.39. The highest BCUT2D eigenvalue weighted by atomic mass is 16.5. The van der Waals surface area contributed by atoms with Crippen LogP contribution in [-0.4, -0.2) is 62.2 Å². The van der Waals surface area contributed by atoms with E-state index in [4.69, 9.17) is 13.9 Å². The Bertz CT molecular complexity index is 835. The molecule has 0 radical (unpaired) electrons. The van der Waals surface area contributed by atoms with Gasteiger partial charge in [-0.15, -0.1) is 0 Å². The second kappa shape index (κ2) is 15.2.